The van der Waals surface area contributed by atoms with Gasteiger partial charge in [-0.2, -0.15) is 0 Å². The van der Waals surface area contributed by atoms with Gasteiger partial charge >= 0.3 is 5.97 Å². The molecular formula is C22H34N2O4. The summed E-state index contributed by atoms with van der Waals surface area (Å²) in [4.78, 5) is 26.3. The highest BCUT2D eigenvalue weighted by Crippen LogP contribution is 2.34. The Kier molecular flexibility index (Phi) is 9.44. The molecule has 1 aliphatic heterocycles. The molecule has 6 nitrogen and oxygen atoms in total. The van der Waals surface area contributed by atoms with Crippen LogP contribution in [0.3, 0.4) is 0 Å². The van der Waals surface area contributed by atoms with Crippen LogP contribution in [0.15, 0.2) is 30.3 Å². The van der Waals surface area contributed by atoms with Gasteiger partial charge in [0.25, 0.3) is 0 Å². The number of carbonyl (C=O) groups excluding carboxylic acids is 2. The molecule has 0 bridgehead atoms. The Bertz CT molecular complexity index is 608. The van der Waals surface area contributed by atoms with Crippen molar-refractivity contribution in [1.82, 2.24) is 10.2 Å². The summed E-state index contributed by atoms with van der Waals surface area (Å²) in [6.07, 6.45) is 3.74. The molecule has 1 aromatic rings. The topological polar surface area (TPSA) is 67.9 Å². The number of esters is 1. The Morgan fingerprint density at radius 2 is 2.04 bits per heavy atom. The van der Waals surface area contributed by atoms with Crippen molar-refractivity contribution in [1.29, 1.82) is 0 Å². The third kappa shape index (κ3) is 6.31. The van der Waals surface area contributed by atoms with E-state index in [-0.39, 0.29) is 18.4 Å². The fraction of sp³-hybridized carbons (Fsp3) is 0.636. The monoisotopic (exact) mass is 390 g/mol. The molecule has 1 aromatic carbocycles. The number of nitrogens with one attached hydrogen (secondary N) is 1. The summed E-state index contributed by atoms with van der Waals surface area (Å²) in [6.45, 7) is 4.41. The van der Waals surface area contributed by atoms with Gasteiger partial charge in [0.2, 0.25) is 5.91 Å². The number of carbonyl (C=O) groups is 2. The molecule has 3 unspecified atom stereocenters. The van der Waals surface area contributed by atoms with Crippen LogP contribution in [0.5, 0.6) is 0 Å². The van der Waals surface area contributed by atoms with Crippen LogP contribution in [0.4, 0.5) is 0 Å². The molecule has 0 saturated carbocycles. The first-order chi connectivity index (χ1) is 13.6. The van der Waals surface area contributed by atoms with E-state index in [1.807, 2.05) is 18.2 Å². The number of amides is 1. The van der Waals surface area contributed by atoms with E-state index in [1.54, 1.807) is 11.9 Å². The molecule has 1 amide bonds. The van der Waals surface area contributed by atoms with Gasteiger partial charge in [0.1, 0.15) is 6.04 Å². The first kappa shape index (κ1) is 22.4. The zero-order valence-corrected chi connectivity index (χ0v) is 17.4. The van der Waals surface area contributed by atoms with Gasteiger partial charge in [-0.3, -0.25) is 4.79 Å². The van der Waals surface area contributed by atoms with Gasteiger partial charge in [0.15, 0.2) is 0 Å². The predicted molar refractivity (Wildman–Crippen MR) is 109 cm³/mol. The minimum atomic E-state index is -0.459. The molecule has 1 heterocycles. The largest absolute Gasteiger partial charge is 0.467 e. The summed E-state index contributed by atoms with van der Waals surface area (Å²) in [5.74, 6) is 0.443. The molecule has 1 aliphatic rings. The highest BCUT2D eigenvalue weighted by molar-refractivity contribution is 5.86. The van der Waals surface area contributed by atoms with Crippen LogP contribution in [0, 0.1) is 11.8 Å². The molecule has 2 rings (SSSR count). The summed E-state index contributed by atoms with van der Waals surface area (Å²) >= 11 is 0. The number of rotatable bonds is 11. The third-order valence-electron chi connectivity index (χ3n) is 5.62. The van der Waals surface area contributed by atoms with Crippen molar-refractivity contribution in [3.63, 3.8) is 0 Å². The van der Waals surface area contributed by atoms with Crippen LogP contribution in [0.1, 0.15) is 38.2 Å². The van der Waals surface area contributed by atoms with Crippen LogP contribution >= 0.6 is 0 Å². The van der Waals surface area contributed by atoms with Gasteiger partial charge in [-0.25, -0.2) is 4.79 Å². The molecular weight excluding hydrogens is 356 g/mol. The Morgan fingerprint density at radius 1 is 1.29 bits per heavy atom. The quantitative estimate of drug-likeness (QED) is 0.465. The van der Waals surface area contributed by atoms with Crippen molar-refractivity contribution in [3.8, 4) is 0 Å². The number of hydrogen-bond donors (Lipinski definition) is 1. The smallest absolute Gasteiger partial charge is 0.328 e. The van der Waals surface area contributed by atoms with Gasteiger partial charge in [-0.05, 0) is 43.7 Å². The van der Waals surface area contributed by atoms with E-state index in [9.17, 15) is 9.59 Å². The molecule has 1 saturated heterocycles. The van der Waals surface area contributed by atoms with Crippen molar-refractivity contribution < 1.29 is 19.1 Å². The minimum absolute atomic E-state index is 0.0403. The number of ether oxygens (including phenoxy) is 2. The molecule has 3 atom stereocenters. The summed E-state index contributed by atoms with van der Waals surface area (Å²) in [7, 11) is 3.13. The van der Waals surface area contributed by atoms with Gasteiger partial charge in [0, 0.05) is 13.2 Å². The lowest BCUT2D eigenvalue weighted by molar-refractivity contribution is -0.150. The van der Waals surface area contributed by atoms with E-state index >= 15 is 0 Å². The van der Waals surface area contributed by atoms with Gasteiger partial charge < -0.3 is 19.7 Å². The SMILES string of the molecule is CCC(CCCOCc1ccccc1)C1CC(C(=O)OC)N(C(=O)CNC)C1. The zero-order valence-electron chi connectivity index (χ0n) is 17.4. The second-order valence-corrected chi connectivity index (χ2v) is 7.46. The lowest BCUT2D eigenvalue weighted by Gasteiger charge is -2.24. The van der Waals surface area contributed by atoms with Crippen LogP contribution in [0.25, 0.3) is 0 Å². The van der Waals surface area contributed by atoms with Crippen LogP contribution < -0.4 is 5.32 Å². The van der Waals surface area contributed by atoms with E-state index in [2.05, 4.69) is 24.4 Å². The number of methoxy groups -OCH3 is 1. The maximum atomic E-state index is 12.4. The van der Waals surface area contributed by atoms with Crippen LogP contribution in [0.2, 0.25) is 0 Å². The number of likely N-dealkylation sites (N-methyl/N-ethyl adjacent to an activating group) is 1. The third-order valence-corrected chi connectivity index (χ3v) is 5.62. The second-order valence-electron chi connectivity index (χ2n) is 7.46. The van der Waals surface area contributed by atoms with Crippen molar-refractivity contribution in [3.05, 3.63) is 35.9 Å². The van der Waals surface area contributed by atoms with Crippen molar-refractivity contribution in [2.45, 2.75) is 45.3 Å². The van der Waals surface area contributed by atoms with Gasteiger partial charge in [-0.15, -0.1) is 0 Å². The molecule has 0 spiro atoms. The van der Waals surface area contributed by atoms with Crippen LogP contribution in [-0.4, -0.2) is 56.7 Å². The second kappa shape index (κ2) is 11.8. The number of likely N-dealkylation sites (tertiary alicyclic amines) is 1. The fourth-order valence-electron chi connectivity index (χ4n) is 4.08. The molecule has 28 heavy (non-hydrogen) atoms. The molecule has 1 fully saturated rings. The predicted octanol–water partition coefficient (Wildman–Crippen LogP) is 2.62. The highest BCUT2D eigenvalue weighted by Gasteiger charge is 2.42. The van der Waals surface area contributed by atoms with E-state index in [4.69, 9.17) is 9.47 Å². The van der Waals surface area contributed by atoms with Gasteiger partial charge in [0.05, 0.1) is 20.3 Å². The standard InChI is InChI=1S/C22H34N2O4/c1-4-18(11-8-12-28-16-17-9-6-5-7-10-17)19-13-20(22(26)27-3)24(15-19)21(25)14-23-2/h5-7,9-10,18-20,23H,4,8,11-16H2,1-3H3. The normalized spacial score (nSPS) is 20.2. The maximum absolute atomic E-state index is 12.4. The molecule has 6 heteroatoms. The maximum Gasteiger partial charge on any atom is 0.328 e. The van der Waals surface area contributed by atoms with E-state index in [1.165, 1.54) is 12.7 Å². The van der Waals surface area contributed by atoms with E-state index in [0.29, 0.717) is 31.4 Å². The average molecular weight is 391 g/mol. The first-order valence-corrected chi connectivity index (χ1v) is 10.2. The fourth-order valence-corrected chi connectivity index (χ4v) is 4.08. The Balaban J connectivity index is 1.83. The highest BCUT2D eigenvalue weighted by atomic mass is 16.5. The summed E-state index contributed by atoms with van der Waals surface area (Å²) in [5.41, 5.74) is 1.19. The summed E-state index contributed by atoms with van der Waals surface area (Å²) in [6, 6.07) is 9.71. The first-order valence-electron chi connectivity index (χ1n) is 10.2. The zero-order chi connectivity index (χ0) is 20.4. The summed E-state index contributed by atoms with van der Waals surface area (Å²) in [5, 5.41) is 2.88. The number of nitrogens with zero attached hydrogens (tertiary/aromatic N) is 1. The Labute approximate surface area is 168 Å². The van der Waals surface area contributed by atoms with Gasteiger partial charge in [-0.1, -0.05) is 43.7 Å². The Hall–Kier alpha value is -1.92. The van der Waals surface area contributed by atoms with Crippen molar-refractivity contribution >= 4 is 11.9 Å². The average Bonchev–Trinajstić information content (AvgIpc) is 3.16. The van der Waals surface area contributed by atoms with Crippen molar-refractivity contribution in [2.24, 2.45) is 11.8 Å². The lowest BCUT2D eigenvalue weighted by atomic mass is 9.85. The van der Waals surface area contributed by atoms with E-state index < -0.39 is 6.04 Å². The lowest BCUT2D eigenvalue weighted by Crippen LogP contribution is -2.44. The molecule has 156 valence electrons. The molecule has 0 radical (unpaired) electrons. The molecule has 0 aliphatic carbocycles. The Morgan fingerprint density at radius 3 is 2.68 bits per heavy atom. The summed E-state index contributed by atoms with van der Waals surface area (Å²) < 4.78 is 10.7. The van der Waals surface area contributed by atoms with Crippen LogP contribution in [-0.2, 0) is 25.7 Å². The number of benzene rings is 1. The molecule has 0 aromatic heterocycles. The van der Waals surface area contributed by atoms with E-state index in [0.717, 1.165) is 25.9 Å². The minimum Gasteiger partial charge on any atom is -0.467 e. The molecule has 1 N–H and O–H groups in total. The number of hydrogen-bond acceptors (Lipinski definition) is 5. The van der Waals surface area contributed by atoms with Crippen molar-refractivity contribution in [2.75, 3.05) is 33.9 Å².